The van der Waals surface area contributed by atoms with E-state index in [4.69, 9.17) is 5.11 Å². The monoisotopic (exact) mass is 211 g/mol. The molecule has 0 radical (unpaired) electrons. The van der Waals surface area contributed by atoms with Crippen molar-refractivity contribution in [1.29, 1.82) is 0 Å². The molecule has 0 amide bonds. The number of pyridine rings is 1. The quantitative estimate of drug-likeness (QED) is 0.664. The molecule has 1 heterocycles. The van der Waals surface area contributed by atoms with Gasteiger partial charge < -0.3 is 15.3 Å². The SMILES string of the molecule is Cc1cccc(C(O)C(O)CC(=O)O)n1. The van der Waals surface area contributed by atoms with Gasteiger partial charge in [0.2, 0.25) is 0 Å². The van der Waals surface area contributed by atoms with Gasteiger partial charge in [-0.3, -0.25) is 9.78 Å². The van der Waals surface area contributed by atoms with Crippen LogP contribution in [0.1, 0.15) is 23.9 Å². The van der Waals surface area contributed by atoms with Crippen LogP contribution in [0.2, 0.25) is 0 Å². The Kier molecular flexibility index (Phi) is 3.76. The number of aryl methyl sites for hydroxylation is 1. The highest BCUT2D eigenvalue weighted by atomic mass is 16.4. The van der Waals surface area contributed by atoms with E-state index >= 15 is 0 Å². The fraction of sp³-hybridized carbons (Fsp3) is 0.400. The summed E-state index contributed by atoms with van der Waals surface area (Å²) in [4.78, 5) is 14.3. The van der Waals surface area contributed by atoms with Gasteiger partial charge in [0.25, 0.3) is 0 Å². The molecule has 0 aliphatic heterocycles. The number of carbonyl (C=O) groups is 1. The van der Waals surface area contributed by atoms with Crippen molar-refractivity contribution in [3.63, 3.8) is 0 Å². The molecule has 0 aliphatic rings. The van der Waals surface area contributed by atoms with Crippen molar-refractivity contribution < 1.29 is 20.1 Å². The predicted molar refractivity (Wildman–Crippen MR) is 52.2 cm³/mol. The Labute approximate surface area is 87.0 Å². The number of rotatable bonds is 4. The highest BCUT2D eigenvalue weighted by molar-refractivity contribution is 5.67. The molecular formula is C10H13NO4. The molecule has 0 saturated heterocycles. The van der Waals surface area contributed by atoms with Crippen molar-refractivity contribution >= 4 is 5.97 Å². The summed E-state index contributed by atoms with van der Waals surface area (Å²) in [7, 11) is 0. The van der Waals surface area contributed by atoms with Crippen molar-refractivity contribution in [3.8, 4) is 0 Å². The third kappa shape index (κ3) is 3.30. The normalized spacial score (nSPS) is 14.6. The van der Waals surface area contributed by atoms with E-state index in [1.165, 1.54) is 0 Å². The molecule has 0 fully saturated rings. The third-order valence-corrected chi connectivity index (χ3v) is 1.96. The van der Waals surface area contributed by atoms with Crippen LogP contribution < -0.4 is 0 Å². The Bertz CT molecular complexity index is 353. The van der Waals surface area contributed by atoms with Crippen molar-refractivity contribution in [1.82, 2.24) is 4.98 Å². The minimum Gasteiger partial charge on any atom is -0.481 e. The molecular weight excluding hydrogens is 198 g/mol. The summed E-state index contributed by atoms with van der Waals surface area (Å²) < 4.78 is 0. The number of aliphatic hydroxyl groups is 2. The predicted octanol–water partition coefficient (Wildman–Crippen LogP) is 0.259. The molecule has 1 aromatic rings. The van der Waals surface area contributed by atoms with Gasteiger partial charge in [-0.05, 0) is 19.1 Å². The van der Waals surface area contributed by atoms with Crippen LogP contribution in [0.4, 0.5) is 0 Å². The van der Waals surface area contributed by atoms with E-state index < -0.39 is 24.6 Å². The summed E-state index contributed by atoms with van der Waals surface area (Å²) in [5, 5.41) is 27.4. The smallest absolute Gasteiger partial charge is 0.306 e. The van der Waals surface area contributed by atoms with Crippen LogP contribution >= 0.6 is 0 Å². The Morgan fingerprint density at radius 2 is 2.13 bits per heavy atom. The second-order valence-electron chi connectivity index (χ2n) is 3.31. The number of hydrogen-bond donors (Lipinski definition) is 3. The van der Waals surface area contributed by atoms with Crippen molar-refractivity contribution in [2.75, 3.05) is 0 Å². The van der Waals surface area contributed by atoms with Gasteiger partial charge in [0.05, 0.1) is 18.2 Å². The molecule has 1 rings (SSSR count). The molecule has 82 valence electrons. The van der Waals surface area contributed by atoms with Gasteiger partial charge in [0.1, 0.15) is 6.10 Å². The average Bonchev–Trinajstić information content (AvgIpc) is 2.15. The number of aliphatic hydroxyl groups excluding tert-OH is 2. The zero-order valence-corrected chi connectivity index (χ0v) is 8.29. The van der Waals surface area contributed by atoms with E-state index in [2.05, 4.69) is 4.98 Å². The van der Waals surface area contributed by atoms with Gasteiger partial charge in [-0.25, -0.2) is 0 Å². The van der Waals surface area contributed by atoms with E-state index in [1.807, 2.05) is 0 Å². The molecule has 1 aromatic heterocycles. The summed E-state index contributed by atoms with van der Waals surface area (Å²) in [6.45, 7) is 1.75. The fourth-order valence-corrected chi connectivity index (χ4v) is 1.22. The lowest BCUT2D eigenvalue weighted by Crippen LogP contribution is -2.22. The standard InChI is InChI=1S/C10H13NO4/c1-6-3-2-4-7(11-6)10(15)8(12)5-9(13)14/h2-4,8,10,12,15H,5H2,1H3,(H,13,14). The summed E-state index contributed by atoms with van der Waals surface area (Å²) in [6.07, 6.45) is -3.10. The van der Waals surface area contributed by atoms with Crippen LogP contribution in [-0.4, -0.2) is 32.4 Å². The molecule has 2 atom stereocenters. The highest BCUT2D eigenvalue weighted by Gasteiger charge is 2.22. The minimum absolute atomic E-state index is 0.281. The summed E-state index contributed by atoms with van der Waals surface area (Å²) in [6, 6.07) is 4.98. The van der Waals surface area contributed by atoms with Gasteiger partial charge >= 0.3 is 5.97 Å². The highest BCUT2D eigenvalue weighted by Crippen LogP contribution is 2.16. The van der Waals surface area contributed by atoms with Gasteiger partial charge in [0, 0.05) is 5.69 Å². The van der Waals surface area contributed by atoms with Gasteiger partial charge in [-0.1, -0.05) is 6.07 Å². The third-order valence-electron chi connectivity index (χ3n) is 1.96. The van der Waals surface area contributed by atoms with E-state index in [1.54, 1.807) is 25.1 Å². The van der Waals surface area contributed by atoms with Gasteiger partial charge in [-0.15, -0.1) is 0 Å². The number of carboxylic acid groups (broad SMARTS) is 1. The molecule has 0 aliphatic carbocycles. The van der Waals surface area contributed by atoms with Crippen LogP contribution in [-0.2, 0) is 4.79 Å². The number of carboxylic acids is 1. The maximum atomic E-state index is 10.3. The fourth-order valence-electron chi connectivity index (χ4n) is 1.22. The van der Waals surface area contributed by atoms with E-state index in [-0.39, 0.29) is 5.69 Å². The average molecular weight is 211 g/mol. The number of hydrogen-bond acceptors (Lipinski definition) is 4. The van der Waals surface area contributed by atoms with Crippen molar-refractivity contribution in [3.05, 3.63) is 29.6 Å². The first-order valence-electron chi connectivity index (χ1n) is 4.52. The topological polar surface area (TPSA) is 90.7 Å². The zero-order valence-electron chi connectivity index (χ0n) is 8.29. The Morgan fingerprint density at radius 1 is 1.47 bits per heavy atom. The Balaban J connectivity index is 2.75. The van der Waals surface area contributed by atoms with Crippen LogP contribution in [0, 0.1) is 6.92 Å². The van der Waals surface area contributed by atoms with E-state index in [9.17, 15) is 15.0 Å². The van der Waals surface area contributed by atoms with Crippen LogP contribution in [0.5, 0.6) is 0 Å². The lowest BCUT2D eigenvalue weighted by Gasteiger charge is -2.15. The Hall–Kier alpha value is -1.46. The lowest BCUT2D eigenvalue weighted by molar-refractivity contribution is -0.141. The molecule has 2 unspecified atom stereocenters. The van der Waals surface area contributed by atoms with Crippen LogP contribution in [0.3, 0.4) is 0 Å². The molecule has 0 saturated carbocycles. The lowest BCUT2D eigenvalue weighted by atomic mass is 10.1. The Morgan fingerprint density at radius 3 is 2.67 bits per heavy atom. The van der Waals surface area contributed by atoms with Gasteiger partial charge in [-0.2, -0.15) is 0 Å². The first-order chi connectivity index (χ1) is 7.00. The summed E-state index contributed by atoms with van der Waals surface area (Å²) in [5.41, 5.74) is 0.984. The molecule has 0 aromatic carbocycles. The second kappa shape index (κ2) is 4.86. The molecule has 5 heteroatoms. The van der Waals surface area contributed by atoms with E-state index in [0.29, 0.717) is 5.69 Å². The summed E-state index contributed by atoms with van der Waals surface area (Å²) in [5.74, 6) is -1.16. The van der Waals surface area contributed by atoms with Crippen molar-refractivity contribution in [2.45, 2.75) is 25.6 Å². The molecule has 0 spiro atoms. The van der Waals surface area contributed by atoms with Crippen LogP contribution in [0.25, 0.3) is 0 Å². The second-order valence-corrected chi connectivity index (χ2v) is 3.31. The molecule has 5 nitrogen and oxygen atoms in total. The van der Waals surface area contributed by atoms with E-state index in [0.717, 1.165) is 0 Å². The largest absolute Gasteiger partial charge is 0.481 e. The maximum absolute atomic E-state index is 10.3. The maximum Gasteiger partial charge on any atom is 0.306 e. The van der Waals surface area contributed by atoms with Crippen LogP contribution in [0.15, 0.2) is 18.2 Å². The number of aromatic nitrogens is 1. The first kappa shape index (κ1) is 11.6. The number of nitrogens with zero attached hydrogens (tertiary/aromatic N) is 1. The van der Waals surface area contributed by atoms with Crippen molar-refractivity contribution in [2.24, 2.45) is 0 Å². The summed E-state index contributed by atoms with van der Waals surface area (Å²) >= 11 is 0. The zero-order chi connectivity index (χ0) is 11.4. The number of aliphatic carboxylic acids is 1. The first-order valence-corrected chi connectivity index (χ1v) is 4.52. The molecule has 15 heavy (non-hydrogen) atoms. The van der Waals surface area contributed by atoms with Gasteiger partial charge in [0.15, 0.2) is 0 Å². The molecule has 3 N–H and O–H groups in total. The molecule has 0 bridgehead atoms. The minimum atomic E-state index is -1.34.